The number of ether oxygens (including phenoxy) is 1. The van der Waals surface area contributed by atoms with E-state index < -0.39 is 41.2 Å². The zero-order valence-electron chi connectivity index (χ0n) is 28.8. The van der Waals surface area contributed by atoms with E-state index in [-0.39, 0.29) is 48.2 Å². The minimum absolute atomic E-state index is 0.0524. The van der Waals surface area contributed by atoms with Gasteiger partial charge in [0.25, 0.3) is 11.5 Å². The molecule has 0 spiro atoms. The summed E-state index contributed by atoms with van der Waals surface area (Å²) in [4.78, 5) is 60.6. The van der Waals surface area contributed by atoms with Gasteiger partial charge in [0.2, 0.25) is 5.95 Å². The lowest BCUT2D eigenvalue weighted by Gasteiger charge is -2.20. The predicted octanol–water partition coefficient (Wildman–Crippen LogP) is 4.39. The summed E-state index contributed by atoms with van der Waals surface area (Å²) in [5, 5.41) is 26.3. The summed E-state index contributed by atoms with van der Waals surface area (Å²) in [6.45, 7) is 0.981. The Labute approximate surface area is 305 Å². The van der Waals surface area contributed by atoms with E-state index in [1.165, 1.54) is 30.5 Å². The summed E-state index contributed by atoms with van der Waals surface area (Å²) in [6.07, 6.45) is -2.97. The number of nitrogens with two attached hydrogens (primary N) is 1. The Kier molecular flexibility index (Phi) is 14.0. The number of halogens is 3. The normalized spacial score (nSPS) is 12.1. The molecule has 0 saturated heterocycles. The van der Waals surface area contributed by atoms with Crippen LogP contribution in [0.5, 0.6) is 5.75 Å². The molecule has 3 aromatic carbocycles. The van der Waals surface area contributed by atoms with Crippen LogP contribution in [0, 0.1) is 0 Å². The lowest BCUT2D eigenvalue weighted by atomic mass is 10.1. The van der Waals surface area contributed by atoms with Gasteiger partial charge >= 0.3 is 18.1 Å². The molecule has 5 rings (SSSR count). The maximum absolute atomic E-state index is 12.6. The quantitative estimate of drug-likeness (QED) is 0.0788. The molecule has 54 heavy (non-hydrogen) atoms. The number of aliphatic carboxylic acids is 2. The predicted molar refractivity (Wildman–Crippen MR) is 192 cm³/mol. The van der Waals surface area contributed by atoms with Crippen molar-refractivity contribution in [3.8, 4) is 5.75 Å². The van der Waals surface area contributed by atoms with Crippen LogP contribution < -0.4 is 32.0 Å². The van der Waals surface area contributed by atoms with Gasteiger partial charge in [0.1, 0.15) is 17.9 Å². The van der Waals surface area contributed by atoms with Gasteiger partial charge in [0.05, 0.1) is 24.0 Å². The molecule has 0 saturated carbocycles. The monoisotopic (exact) mass is 750 g/mol. The molecule has 1 amide bonds. The highest BCUT2D eigenvalue weighted by Crippen LogP contribution is 2.32. The van der Waals surface area contributed by atoms with Gasteiger partial charge in [-0.1, -0.05) is 30.3 Å². The van der Waals surface area contributed by atoms with Crippen LogP contribution in [-0.2, 0) is 22.3 Å². The number of H-pyrrole nitrogens is 1. The largest absolute Gasteiger partial charge is 0.486 e. The van der Waals surface area contributed by atoms with E-state index in [4.69, 9.17) is 20.7 Å². The number of alkyl halides is 3. The number of amides is 1. The molecule has 18 heteroatoms. The minimum atomic E-state index is -4.33. The average molecular weight is 751 g/mol. The number of aromatic nitrogens is 4. The Morgan fingerprint density at radius 1 is 0.944 bits per heavy atom. The summed E-state index contributed by atoms with van der Waals surface area (Å²) in [5.74, 6) is -2.73. The van der Waals surface area contributed by atoms with Crippen LogP contribution in [0.3, 0.4) is 0 Å². The number of nitrogens with zero attached hydrogens (tertiary/aromatic N) is 3. The summed E-state index contributed by atoms with van der Waals surface area (Å²) < 4.78 is 43.6. The highest BCUT2D eigenvalue weighted by molar-refractivity contribution is 5.97. The second kappa shape index (κ2) is 18.8. The van der Waals surface area contributed by atoms with Crippen molar-refractivity contribution in [1.29, 1.82) is 0 Å². The number of hydrogen-bond acceptors (Lipinski definition) is 11. The molecule has 0 bridgehead atoms. The van der Waals surface area contributed by atoms with E-state index in [1.54, 1.807) is 12.1 Å². The van der Waals surface area contributed by atoms with Crippen molar-refractivity contribution in [2.75, 3.05) is 24.6 Å². The number of nitrogen functional groups attached to an aromatic ring is 1. The number of nitrogens with one attached hydrogen (secondary N) is 4. The van der Waals surface area contributed by atoms with Crippen LogP contribution in [0.25, 0.3) is 11.2 Å². The van der Waals surface area contributed by atoms with E-state index in [9.17, 15) is 32.3 Å². The third-order valence-electron chi connectivity index (χ3n) is 7.64. The maximum Gasteiger partial charge on any atom is 0.416 e. The molecule has 15 nitrogen and oxygen atoms in total. The van der Waals surface area contributed by atoms with Crippen molar-refractivity contribution in [1.82, 2.24) is 30.6 Å². The molecule has 1 unspecified atom stereocenters. The molecule has 8 N–H and O–H groups in total. The number of carboxylic acids is 2. The van der Waals surface area contributed by atoms with Crippen LogP contribution in [0.4, 0.5) is 24.8 Å². The second-order valence-electron chi connectivity index (χ2n) is 11.6. The Bertz CT molecular complexity index is 2080. The standard InChI is InChI=1S/C19H19N7O6.C17H18F3NO/c20-19-25-15-14(17(30)26-19)23-11(8-22-15)7-21-10-3-1-9(2-4-10)16(29)24-12(18(31)32)5-6-13(27)28;1-21-12-11-16(13-5-3-2-4-6-13)22-15-9-7-14(8-10-15)17(18,19)20/h1-4,8,12,21H,5-7H2,(H,24,29)(H,27,28)(H,31,32)(H3,20,22,25,26,30);2-10,16,21H,11-12H2,1H3/t12-;/m0./s1. The summed E-state index contributed by atoms with van der Waals surface area (Å²) >= 11 is 0. The van der Waals surface area contributed by atoms with Crippen molar-refractivity contribution in [2.24, 2.45) is 0 Å². The second-order valence-corrected chi connectivity index (χ2v) is 11.6. The molecule has 0 aliphatic carbocycles. The highest BCUT2D eigenvalue weighted by Gasteiger charge is 2.30. The lowest BCUT2D eigenvalue weighted by Crippen LogP contribution is -2.41. The van der Waals surface area contributed by atoms with Gasteiger partial charge in [-0.3, -0.25) is 19.4 Å². The number of fused-ring (bicyclic) bond motifs is 1. The van der Waals surface area contributed by atoms with Crippen molar-refractivity contribution in [3.63, 3.8) is 0 Å². The summed E-state index contributed by atoms with van der Waals surface area (Å²) in [7, 11) is 1.85. The van der Waals surface area contributed by atoms with Crippen molar-refractivity contribution >= 4 is 40.6 Å². The molecule has 0 fully saturated rings. The van der Waals surface area contributed by atoms with E-state index in [1.807, 2.05) is 37.4 Å². The van der Waals surface area contributed by atoms with Gasteiger partial charge in [0.15, 0.2) is 11.2 Å². The van der Waals surface area contributed by atoms with Crippen LogP contribution in [0.1, 0.15) is 52.5 Å². The fourth-order valence-corrected chi connectivity index (χ4v) is 4.88. The minimum Gasteiger partial charge on any atom is -0.486 e. The van der Waals surface area contributed by atoms with E-state index >= 15 is 0 Å². The number of aromatic amines is 1. The third-order valence-corrected chi connectivity index (χ3v) is 7.64. The van der Waals surface area contributed by atoms with E-state index in [0.717, 1.165) is 30.7 Å². The third kappa shape index (κ3) is 12.0. The summed E-state index contributed by atoms with van der Waals surface area (Å²) in [6, 6.07) is 19.3. The van der Waals surface area contributed by atoms with Crippen LogP contribution in [0.15, 0.2) is 89.9 Å². The lowest BCUT2D eigenvalue weighted by molar-refractivity contribution is -0.141. The molecule has 284 valence electrons. The average Bonchev–Trinajstić information content (AvgIpc) is 3.14. The number of carboxylic acid groups (broad SMARTS) is 2. The first-order chi connectivity index (χ1) is 25.7. The number of benzene rings is 3. The molecule has 0 aliphatic heterocycles. The summed E-state index contributed by atoms with van der Waals surface area (Å²) in [5.41, 5.74) is 6.79. The van der Waals surface area contributed by atoms with Crippen LogP contribution in [-0.4, -0.2) is 67.6 Å². The van der Waals surface area contributed by atoms with Gasteiger partial charge in [0, 0.05) is 24.1 Å². The molecule has 2 heterocycles. The molecule has 5 aromatic rings. The Morgan fingerprint density at radius 2 is 1.63 bits per heavy atom. The van der Waals surface area contributed by atoms with Crippen molar-refractivity contribution < 1.29 is 42.5 Å². The fraction of sp³-hybridized carbons (Fsp3) is 0.250. The Hall–Kier alpha value is -6.56. The van der Waals surface area contributed by atoms with Crippen LogP contribution >= 0.6 is 0 Å². The van der Waals surface area contributed by atoms with E-state index in [2.05, 4.69) is 35.9 Å². The van der Waals surface area contributed by atoms with Crippen molar-refractivity contribution in [2.45, 2.75) is 44.1 Å². The number of carbonyl (C=O) groups is 3. The number of carbonyl (C=O) groups excluding carboxylic acids is 1. The molecule has 2 atom stereocenters. The molecular formula is C36H37F3N8O7. The fourth-order valence-electron chi connectivity index (χ4n) is 4.88. The SMILES string of the molecule is CNCCC(Oc1ccc(C(F)(F)F)cc1)c1ccccc1.Nc1nc2ncc(CNc3ccc(C(=O)N[C@@H](CCC(=O)O)C(=O)O)cc3)nc2c(=O)[nH]1. The Morgan fingerprint density at radius 3 is 2.24 bits per heavy atom. The zero-order valence-corrected chi connectivity index (χ0v) is 28.8. The smallest absolute Gasteiger partial charge is 0.416 e. The van der Waals surface area contributed by atoms with Gasteiger partial charge < -0.3 is 36.6 Å². The van der Waals surface area contributed by atoms with Gasteiger partial charge in [-0.05, 0) is 74.1 Å². The first-order valence-corrected chi connectivity index (χ1v) is 16.4. The van der Waals surface area contributed by atoms with Gasteiger partial charge in [-0.25, -0.2) is 14.8 Å². The van der Waals surface area contributed by atoms with Gasteiger partial charge in [-0.15, -0.1) is 0 Å². The van der Waals surface area contributed by atoms with Crippen LogP contribution in [0.2, 0.25) is 0 Å². The highest BCUT2D eigenvalue weighted by atomic mass is 19.4. The first-order valence-electron chi connectivity index (χ1n) is 16.4. The topological polar surface area (TPSA) is 235 Å². The van der Waals surface area contributed by atoms with Crippen molar-refractivity contribution in [3.05, 3.63) is 118 Å². The van der Waals surface area contributed by atoms with Gasteiger partial charge in [-0.2, -0.15) is 18.2 Å². The number of anilines is 2. The number of hydrogen-bond donors (Lipinski definition) is 7. The molecular weight excluding hydrogens is 713 g/mol. The zero-order chi connectivity index (χ0) is 39.3. The number of rotatable bonds is 15. The molecule has 2 aromatic heterocycles. The molecule has 0 aliphatic rings. The maximum atomic E-state index is 12.6. The first kappa shape index (κ1) is 40.2. The molecule has 0 radical (unpaired) electrons. The van der Waals surface area contributed by atoms with E-state index in [0.29, 0.717) is 17.1 Å². The Balaban J connectivity index is 0.000000258.